The molecule has 0 spiro atoms. The second kappa shape index (κ2) is 5.45. The van der Waals surface area contributed by atoms with Crippen molar-refractivity contribution in [2.45, 2.75) is 45.2 Å². The minimum Gasteiger partial charge on any atom is -0.317 e. The van der Waals surface area contributed by atoms with Crippen molar-refractivity contribution in [1.29, 1.82) is 0 Å². The van der Waals surface area contributed by atoms with Crippen LogP contribution in [-0.4, -0.2) is 22.6 Å². The average Bonchev–Trinajstić information content (AvgIpc) is 2.75. The van der Waals surface area contributed by atoms with Gasteiger partial charge in [0.05, 0.1) is 0 Å². The Morgan fingerprint density at radius 1 is 1.53 bits per heavy atom. The van der Waals surface area contributed by atoms with Crippen LogP contribution in [0.3, 0.4) is 0 Å². The van der Waals surface area contributed by atoms with Crippen LogP contribution in [-0.2, 0) is 6.54 Å². The van der Waals surface area contributed by atoms with Gasteiger partial charge in [-0.1, -0.05) is 6.42 Å². The second-order valence-electron chi connectivity index (χ2n) is 4.92. The van der Waals surface area contributed by atoms with Gasteiger partial charge >= 0.3 is 5.69 Å². The lowest BCUT2D eigenvalue weighted by atomic mass is 10.00. The number of hydrogen-bond acceptors (Lipinski definition) is 3. The quantitative estimate of drug-likeness (QED) is 0.856. The Bertz CT molecular complexity index is 427. The van der Waals surface area contributed by atoms with Crippen molar-refractivity contribution < 1.29 is 0 Å². The fourth-order valence-electron chi connectivity index (χ4n) is 2.75. The largest absolute Gasteiger partial charge is 0.347 e. The van der Waals surface area contributed by atoms with Gasteiger partial charge in [0, 0.05) is 24.5 Å². The minimum atomic E-state index is -0.121. The zero-order valence-electron chi connectivity index (χ0n) is 10.6. The summed E-state index contributed by atoms with van der Waals surface area (Å²) >= 11 is 0. The Labute approximate surface area is 102 Å². The van der Waals surface area contributed by atoms with E-state index in [2.05, 4.69) is 10.3 Å². The van der Waals surface area contributed by atoms with Crippen molar-refractivity contribution >= 4 is 0 Å². The zero-order valence-corrected chi connectivity index (χ0v) is 10.6. The molecule has 0 radical (unpaired) electrons. The van der Waals surface area contributed by atoms with Gasteiger partial charge in [-0.25, -0.2) is 4.79 Å². The maximum atomic E-state index is 11.6. The average molecular weight is 235 g/mol. The molecule has 1 saturated carbocycles. The van der Waals surface area contributed by atoms with E-state index < -0.39 is 0 Å². The van der Waals surface area contributed by atoms with Crippen LogP contribution in [0.2, 0.25) is 0 Å². The van der Waals surface area contributed by atoms with Gasteiger partial charge in [-0.05, 0) is 45.2 Å². The molecule has 1 aliphatic rings. The topological polar surface area (TPSA) is 46.9 Å². The third-order valence-electron chi connectivity index (χ3n) is 3.78. The molecule has 0 amide bonds. The number of nitrogens with zero attached hydrogens (tertiary/aromatic N) is 2. The van der Waals surface area contributed by atoms with Crippen LogP contribution in [0.25, 0.3) is 0 Å². The SMILES string of the molecule is CNC1CCCC1CCn1ccc(C)nc1=O. The molecule has 1 N–H and O–H groups in total. The Kier molecular flexibility index (Phi) is 3.94. The monoisotopic (exact) mass is 235 g/mol. The zero-order chi connectivity index (χ0) is 12.3. The Morgan fingerprint density at radius 3 is 3.06 bits per heavy atom. The highest BCUT2D eigenvalue weighted by Gasteiger charge is 2.25. The molecule has 2 unspecified atom stereocenters. The van der Waals surface area contributed by atoms with E-state index in [4.69, 9.17) is 0 Å². The third-order valence-corrected chi connectivity index (χ3v) is 3.78. The molecule has 4 heteroatoms. The summed E-state index contributed by atoms with van der Waals surface area (Å²) in [6, 6.07) is 2.52. The molecule has 94 valence electrons. The van der Waals surface area contributed by atoms with E-state index in [1.165, 1.54) is 19.3 Å². The van der Waals surface area contributed by atoms with Crippen molar-refractivity contribution in [3.63, 3.8) is 0 Å². The van der Waals surface area contributed by atoms with Crippen molar-refractivity contribution in [3.8, 4) is 0 Å². The summed E-state index contributed by atoms with van der Waals surface area (Å²) in [5, 5.41) is 3.37. The van der Waals surface area contributed by atoms with E-state index >= 15 is 0 Å². The third kappa shape index (κ3) is 2.94. The molecular weight excluding hydrogens is 214 g/mol. The minimum absolute atomic E-state index is 0.121. The van der Waals surface area contributed by atoms with Gasteiger partial charge in [0.2, 0.25) is 0 Å². The number of rotatable bonds is 4. The summed E-state index contributed by atoms with van der Waals surface area (Å²) in [5.74, 6) is 0.702. The van der Waals surface area contributed by atoms with Crippen LogP contribution >= 0.6 is 0 Å². The fraction of sp³-hybridized carbons (Fsp3) is 0.692. The molecule has 1 heterocycles. The summed E-state index contributed by atoms with van der Waals surface area (Å²) in [5.41, 5.74) is 0.671. The first kappa shape index (κ1) is 12.3. The van der Waals surface area contributed by atoms with Gasteiger partial charge in [0.1, 0.15) is 0 Å². The number of aromatic nitrogens is 2. The standard InChI is InChI=1S/C13H21N3O/c1-10-6-8-16(13(17)15-10)9-7-11-4-3-5-12(11)14-2/h6,8,11-12,14H,3-5,7,9H2,1-2H3. The van der Waals surface area contributed by atoms with Gasteiger partial charge in [0.25, 0.3) is 0 Å². The molecule has 0 bridgehead atoms. The summed E-state index contributed by atoms with van der Waals surface area (Å²) in [6.07, 6.45) is 6.77. The summed E-state index contributed by atoms with van der Waals surface area (Å²) in [4.78, 5) is 15.6. The van der Waals surface area contributed by atoms with E-state index in [1.807, 2.05) is 26.2 Å². The molecule has 0 saturated heterocycles. The molecule has 0 aromatic carbocycles. The first-order chi connectivity index (χ1) is 8.20. The highest BCUT2D eigenvalue weighted by Crippen LogP contribution is 2.28. The van der Waals surface area contributed by atoms with Gasteiger partial charge in [0.15, 0.2) is 0 Å². The van der Waals surface area contributed by atoms with Crippen LogP contribution < -0.4 is 11.0 Å². The molecule has 4 nitrogen and oxygen atoms in total. The van der Waals surface area contributed by atoms with Crippen molar-refractivity contribution in [2.24, 2.45) is 5.92 Å². The lowest BCUT2D eigenvalue weighted by Gasteiger charge is -2.19. The molecule has 0 aliphatic heterocycles. The summed E-state index contributed by atoms with van der Waals surface area (Å²) in [7, 11) is 2.03. The molecule has 1 aliphatic carbocycles. The van der Waals surface area contributed by atoms with E-state index in [0.717, 1.165) is 18.7 Å². The van der Waals surface area contributed by atoms with E-state index in [0.29, 0.717) is 12.0 Å². The summed E-state index contributed by atoms with van der Waals surface area (Å²) < 4.78 is 1.72. The molecule has 17 heavy (non-hydrogen) atoms. The molecule has 1 aromatic heterocycles. The maximum Gasteiger partial charge on any atom is 0.347 e. The van der Waals surface area contributed by atoms with Gasteiger partial charge < -0.3 is 5.32 Å². The number of hydrogen-bond donors (Lipinski definition) is 1. The van der Waals surface area contributed by atoms with Crippen molar-refractivity contribution in [3.05, 3.63) is 28.4 Å². The first-order valence-electron chi connectivity index (χ1n) is 6.42. The van der Waals surface area contributed by atoms with Crippen LogP contribution in [0.5, 0.6) is 0 Å². The van der Waals surface area contributed by atoms with E-state index in [1.54, 1.807) is 4.57 Å². The van der Waals surface area contributed by atoms with Gasteiger partial charge in [-0.15, -0.1) is 0 Å². The van der Waals surface area contributed by atoms with Crippen molar-refractivity contribution in [1.82, 2.24) is 14.9 Å². The molecule has 2 rings (SSSR count). The van der Waals surface area contributed by atoms with Crippen LogP contribution in [0.15, 0.2) is 17.1 Å². The lowest BCUT2D eigenvalue weighted by Crippen LogP contribution is -2.31. The van der Waals surface area contributed by atoms with Crippen LogP contribution in [0, 0.1) is 12.8 Å². The van der Waals surface area contributed by atoms with Crippen LogP contribution in [0.1, 0.15) is 31.4 Å². The van der Waals surface area contributed by atoms with Crippen LogP contribution in [0.4, 0.5) is 0 Å². The van der Waals surface area contributed by atoms with Gasteiger partial charge in [-0.3, -0.25) is 4.57 Å². The first-order valence-corrected chi connectivity index (χ1v) is 6.42. The second-order valence-corrected chi connectivity index (χ2v) is 4.92. The Morgan fingerprint density at radius 2 is 2.35 bits per heavy atom. The molecule has 1 aromatic rings. The Hall–Kier alpha value is -1.16. The highest BCUT2D eigenvalue weighted by molar-refractivity contribution is 4.95. The van der Waals surface area contributed by atoms with Crippen molar-refractivity contribution in [2.75, 3.05) is 7.05 Å². The maximum absolute atomic E-state index is 11.6. The predicted molar refractivity (Wildman–Crippen MR) is 68.0 cm³/mol. The number of nitrogens with one attached hydrogen (secondary N) is 1. The predicted octanol–water partition coefficient (Wildman–Crippen LogP) is 1.33. The normalized spacial score (nSPS) is 24.1. The smallest absolute Gasteiger partial charge is 0.317 e. The molecule has 1 fully saturated rings. The van der Waals surface area contributed by atoms with E-state index in [-0.39, 0.29) is 5.69 Å². The van der Waals surface area contributed by atoms with E-state index in [9.17, 15) is 4.79 Å². The fourth-order valence-corrected chi connectivity index (χ4v) is 2.75. The lowest BCUT2D eigenvalue weighted by molar-refractivity contribution is 0.374. The summed E-state index contributed by atoms with van der Waals surface area (Å²) in [6.45, 7) is 2.63. The molecular formula is C13H21N3O. The molecule has 2 atom stereocenters. The highest BCUT2D eigenvalue weighted by atomic mass is 16.1. The number of aryl methyl sites for hydroxylation is 2. The van der Waals surface area contributed by atoms with Gasteiger partial charge in [-0.2, -0.15) is 4.98 Å². The Balaban J connectivity index is 1.95.